The van der Waals surface area contributed by atoms with Crippen LogP contribution in [0.3, 0.4) is 0 Å². The summed E-state index contributed by atoms with van der Waals surface area (Å²) in [7, 11) is 0. The van der Waals surface area contributed by atoms with Crippen LogP contribution in [0.15, 0.2) is 71.9 Å². The number of carbonyl (C=O) groups excluding carboxylic acids is 1. The summed E-state index contributed by atoms with van der Waals surface area (Å²) in [5.41, 5.74) is 2.82. The first-order chi connectivity index (χ1) is 27.9. The van der Waals surface area contributed by atoms with E-state index >= 15 is 0 Å². The number of rotatable bonds is 24. The SMILES string of the molecule is C=CCOC12Oc3ccc(OCc4ccccc4F)cc3C3C(CCCCO)C(CCCCO)C=C(C(=NOCC)CC1N(CCOCCO)C(=O)OCCCl)C32. The van der Waals surface area contributed by atoms with E-state index in [1.54, 1.807) is 35.2 Å². The highest BCUT2D eigenvalue weighted by Crippen LogP contribution is 2.62. The van der Waals surface area contributed by atoms with Crippen molar-refractivity contribution < 1.29 is 53.0 Å². The molecular formula is C43H58ClFN2O10. The second-order valence-corrected chi connectivity index (χ2v) is 14.8. The zero-order chi connectivity index (χ0) is 40.6. The molecule has 1 heterocycles. The number of hydrogen-bond donors (Lipinski definition) is 3. The van der Waals surface area contributed by atoms with Crippen molar-refractivity contribution in [2.24, 2.45) is 22.9 Å². The van der Waals surface area contributed by atoms with Crippen LogP contribution in [0.4, 0.5) is 9.18 Å². The zero-order valence-electron chi connectivity index (χ0n) is 32.9. The van der Waals surface area contributed by atoms with Crippen molar-refractivity contribution in [2.75, 3.05) is 65.3 Å². The first-order valence-corrected chi connectivity index (χ1v) is 20.6. The lowest BCUT2D eigenvalue weighted by Gasteiger charge is -2.59. The maximum Gasteiger partial charge on any atom is 0.410 e. The number of carbonyl (C=O) groups is 1. The second-order valence-electron chi connectivity index (χ2n) is 14.4. The van der Waals surface area contributed by atoms with Crippen LogP contribution in [0.1, 0.15) is 68.9 Å². The van der Waals surface area contributed by atoms with E-state index in [0.29, 0.717) is 42.2 Å². The van der Waals surface area contributed by atoms with Crippen molar-refractivity contribution in [1.82, 2.24) is 4.90 Å². The Labute approximate surface area is 340 Å². The van der Waals surface area contributed by atoms with Gasteiger partial charge in [-0.1, -0.05) is 48.3 Å². The van der Waals surface area contributed by atoms with Gasteiger partial charge in [-0.3, -0.25) is 4.90 Å². The lowest BCUT2D eigenvalue weighted by atomic mass is 9.55. The number of benzene rings is 2. The van der Waals surface area contributed by atoms with Crippen molar-refractivity contribution in [2.45, 2.75) is 76.2 Å². The van der Waals surface area contributed by atoms with Crippen LogP contribution in [-0.2, 0) is 25.7 Å². The molecule has 1 aliphatic heterocycles. The second kappa shape index (κ2) is 22.4. The molecule has 0 saturated heterocycles. The summed E-state index contributed by atoms with van der Waals surface area (Å²) in [5.74, 6) is -1.47. The number of ether oxygens (including phenoxy) is 5. The highest BCUT2D eigenvalue weighted by atomic mass is 35.5. The maximum atomic E-state index is 14.7. The topological polar surface area (TPSA) is 149 Å². The lowest BCUT2D eigenvalue weighted by Crippen LogP contribution is -2.70. The van der Waals surface area contributed by atoms with E-state index in [2.05, 4.69) is 17.8 Å². The number of aliphatic hydroxyl groups excluding tert-OH is 3. The summed E-state index contributed by atoms with van der Waals surface area (Å²) in [4.78, 5) is 21.4. The molecule has 12 nitrogen and oxygen atoms in total. The summed E-state index contributed by atoms with van der Waals surface area (Å²) < 4.78 is 46.3. The number of allylic oxidation sites excluding steroid dienone is 1. The third-order valence-corrected chi connectivity index (χ3v) is 11.1. The number of alkyl halides is 1. The molecule has 3 N–H and O–H groups in total. The van der Waals surface area contributed by atoms with Crippen LogP contribution < -0.4 is 9.47 Å². The molecule has 314 valence electrons. The van der Waals surface area contributed by atoms with Gasteiger partial charge in [-0.05, 0) is 74.3 Å². The van der Waals surface area contributed by atoms with Crippen molar-refractivity contribution in [3.8, 4) is 11.5 Å². The van der Waals surface area contributed by atoms with Gasteiger partial charge in [0.05, 0.1) is 43.9 Å². The van der Waals surface area contributed by atoms with E-state index in [-0.39, 0.29) is 95.3 Å². The Kier molecular flexibility index (Phi) is 17.5. The number of amides is 1. The quantitative estimate of drug-likeness (QED) is 0.0450. The first kappa shape index (κ1) is 44.4. The van der Waals surface area contributed by atoms with Crippen LogP contribution in [0.25, 0.3) is 0 Å². The normalized spacial score (nSPS) is 24.1. The number of oxime groups is 1. The van der Waals surface area contributed by atoms with Crippen LogP contribution in [0.5, 0.6) is 11.5 Å². The monoisotopic (exact) mass is 816 g/mol. The third kappa shape index (κ3) is 10.7. The molecule has 2 aliphatic carbocycles. The summed E-state index contributed by atoms with van der Waals surface area (Å²) in [6.45, 7) is 6.42. The minimum Gasteiger partial charge on any atom is -0.489 e. The van der Waals surface area contributed by atoms with E-state index < -0.39 is 23.8 Å². The number of aliphatic hydroxyl groups is 3. The van der Waals surface area contributed by atoms with Gasteiger partial charge in [0, 0.05) is 43.2 Å². The van der Waals surface area contributed by atoms with Crippen molar-refractivity contribution in [1.29, 1.82) is 0 Å². The Morgan fingerprint density at radius 2 is 1.86 bits per heavy atom. The van der Waals surface area contributed by atoms with E-state index in [0.717, 1.165) is 36.8 Å². The Morgan fingerprint density at radius 3 is 2.58 bits per heavy atom. The average Bonchev–Trinajstić information content (AvgIpc) is 3.22. The molecule has 1 amide bonds. The van der Waals surface area contributed by atoms with Gasteiger partial charge in [-0.2, -0.15) is 0 Å². The van der Waals surface area contributed by atoms with E-state index in [1.807, 2.05) is 19.1 Å². The van der Waals surface area contributed by atoms with Crippen LogP contribution in [-0.4, -0.2) is 109 Å². The predicted octanol–water partition coefficient (Wildman–Crippen LogP) is 6.74. The van der Waals surface area contributed by atoms with E-state index in [4.69, 9.17) is 40.1 Å². The predicted molar refractivity (Wildman–Crippen MR) is 214 cm³/mol. The van der Waals surface area contributed by atoms with Gasteiger partial charge in [-0.25, -0.2) is 9.18 Å². The highest BCUT2D eigenvalue weighted by Gasteiger charge is 2.65. The number of unbranched alkanes of at least 4 members (excludes halogenated alkanes) is 2. The molecule has 2 aromatic carbocycles. The fourth-order valence-electron chi connectivity index (χ4n) is 8.57. The Morgan fingerprint density at radius 1 is 1.07 bits per heavy atom. The molecule has 0 spiro atoms. The molecule has 57 heavy (non-hydrogen) atoms. The average molecular weight is 817 g/mol. The minimum atomic E-state index is -1.50. The molecule has 6 unspecified atom stereocenters. The Balaban J connectivity index is 1.73. The fourth-order valence-corrected chi connectivity index (χ4v) is 8.65. The molecule has 0 radical (unpaired) electrons. The molecule has 5 rings (SSSR count). The van der Waals surface area contributed by atoms with Gasteiger partial charge in [0.1, 0.15) is 43.2 Å². The summed E-state index contributed by atoms with van der Waals surface area (Å²) in [6, 6.07) is 11.3. The number of fused-ring (bicyclic) bond motifs is 2. The van der Waals surface area contributed by atoms with Gasteiger partial charge in [0.25, 0.3) is 0 Å². The Bertz CT molecular complexity index is 1660. The van der Waals surface area contributed by atoms with Crippen LogP contribution in [0.2, 0.25) is 0 Å². The maximum absolute atomic E-state index is 14.7. The van der Waals surface area contributed by atoms with Crippen LogP contribution in [0, 0.1) is 23.6 Å². The first-order valence-electron chi connectivity index (χ1n) is 20.1. The van der Waals surface area contributed by atoms with Gasteiger partial charge >= 0.3 is 6.09 Å². The fraction of sp³-hybridized carbons (Fsp3) is 0.581. The van der Waals surface area contributed by atoms with Gasteiger partial charge in [-0.15, -0.1) is 18.2 Å². The summed E-state index contributed by atoms with van der Waals surface area (Å²) in [6.07, 6.45) is 7.81. The molecule has 0 aromatic heterocycles. The van der Waals surface area contributed by atoms with E-state index in [9.17, 15) is 24.5 Å². The number of nitrogens with zero attached hydrogens (tertiary/aromatic N) is 2. The van der Waals surface area contributed by atoms with E-state index in [1.165, 1.54) is 6.07 Å². The van der Waals surface area contributed by atoms with Crippen molar-refractivity contribution in [3.05, 3.63) is 83.7 Å². The molecule has 1 fully saturated rings. The highest BCUT2D eigenvalue weighted by molar-refractivity contribution is 6.18. The lowest BCUT2D eigenvalue weighted by molar-refractivity contribution is -0.256. The number of hydrogen-bond acceptors (Lipinski definition) is 11. The van der Waals surface area contributed by atoms with Crippen molar-refractivity contribution >= 4 is 23.4 Å². The standard InChI is InChI=1S/C43H58ClFN2O10/c1-3-22-55-43-39(47(18-24-52-25-21-50)42(51)53-23-17-44)28-37(46-56-4-2)34-26-30(11-7-9-19-48)33(13-8-10-20-49)40(41(34)43)35-27-32(15-16-38(35)57-43)54-29-31-12-5-6-14-36(31)45/h3,5-6,12,14-16,26-27,30,33,39-41,48-50H,1,4,7-11,13,17-25,28-29H2,2H3. The molecule has 0 bridgehead atoms. The molecule has 14 heteroatoms. The third-order valence-electron chi connectivity index (χ3n) is 10.9. The largest absolute Gasteiger partial charge is 0.489 e. The van der Waals surface area contributed by atoms with Gasteiger partial charge < -0.3 is 43.8 Å². The minimum absolute atomic E-state index is 0.00297. The van der Waals surface area contributed by atoms with Gasteiger partial charge in [0.15, 0.2) is 0 Å². The van der Waals surface area contributed by atoms with Crippen LogP contribution >= 0.6 is 11.6 Å². The summed E-state index contributed by atoms with van der Waals surface area (Å²) in [5, 5.41) is 33.8. The molecule has 2 aromatic rings. The molecular weight excluding hydrogens is 759 g/mol. The van der Waals surface area contributed by atoms with Gasteiger partial charge in [0.2, 0.25) is 5.79 Å². The number of halogens is 2. The summed E-state index contributed by atoms with van der Waals surface area (Å²) >= 11 is 5.98. The molecule has 6 atom stereocenters. The Hall–Kier alpha value is -3.72. The van der Waals surface area contributed by atoms with Crippen molar-refractivity contribution in [3.63, 3.8) is 0 Å². The molecule has 1 saturated carbocycles. The zero-order valence-corrected chi connectivity index (χ0v) is 33.6. The smallest absolute Gasteiger partial charge is 0.410 e. The molecule has 3 aliphatic rings.